The van der Waals surface area contributed by atoms with Gasteiger partial charge in [-0.15, -0.1) is 6.58 Å². The maximum atomic E-state index is 12.0. The van der Waals surface area contributed by atoms with E-state index in [9.17, 15) is 9.59 Å². The van der Waals surface area contributed by atoms with E-state index in [1.54, 1.807) is 11.0 Å². The number of hydrogen-bond acceptors (Lipinski definition) is 2. The van der Waals surface area contributed by atoms with E-state index in [1.165, 1.54) is 0 Å². The van der Waals surface area contributed by atoms with Crippen molar-refractivity contribution in [3.8, 4) is 0 Å². The average Bonchev–Trinajstić information content (AvgIpc) is 3.05. The second-order valence-corrected chi connectivity index (χ2v) is 4.83. The maximum Gasteiger partial charge on any atom is 0.242 e. The van der Waals surface area contributed by atoms with Crippen molar-refractivity contribution in [2.75, 3.05) is 13.1 Å². The maximum absolute atomic E-state index is 12.0. The van der Waals surface area contributed by atoms with E-state index in [0.717, 1.165) is 38.6 Å². The molecule has 0 aromatic carbocycles. The highest BCUT2D eigenvalue weighted by molar-refractivity contribution is 5.89. The van der Waals surface area contributed by atoms with E-state index in [0.29, 0.717) is 6.54 Å². The van der Waals surface area contributed by atoms with Gasteiger partial charge in [0, 0.05) is 19.0 Å². The summed E-state index contributed by atoms with van der Waals surface area (Å²) in [5.74, 6) is 0.390. The monoisotopic (exact) mass is 236 g/mol. The zero-order valence-corrected chi connectivity index (χ0v) is 10.2. The minimum Gasteiger partial charge on any atom is -0.354 e. The summed E-state index contributed by atoms with van der Waals surface area (Å²) in [7, 11) is 0. The van der Waals surface area contributed by atoms with E-state index in [1.807, 2.05) is 0 Å². The fourth-order valence-electron chi connectivity index (χ4n) is 2.28. The second-order valence-electron chi connectivity index (χ2n) is 4.83. The molecule has 1 saturated carbocycles. The van der Waals surface area contributed by atoms with Crippen LogP contribution in [0.1, 0.15) is 32.1 Å². The highest BCUT2D eigenvalue weighted by Crippen LogP contribution is 2.33. The standard InChI is InChI=1S/C13H20N2O2/c1-2-3-8-14-12(16)11-5-4-9-15(11)13(17)10-6-7-10/h2,10-11H,1,3-9H2,(H,14,16). The number of likely N-dealkylation sites (tertiary alicyclic amines) is 1. The molecule has 1 aliphatic heterocycles. The number of rotatable bonds is 5. The lowest BCUT2D eigenvalue weighted by molar-refractivity contribution is -0.139. The third-order valence-corrected chi connectivity index (χ3v) is 3.41. The van der Waals surface area contributed by atoms with Gasteiger partial charge in [0.1, 0.15) is 6.04 Å². The quantitative estimate of drug-likeness (QED) is 0.573. The molecular weight excluding hydrogens is 216 g/mol. The number of amides is 2. The molecule has 2 amide bonds. The summed E-state index contributed by atoms with van der Waals surface area (Å²) in [6.07, 6.45) is 6.30. The van der Waals surface area contributed by atoms with Gasteiger partial charge >= 0.3 is 0 Å². The normalized spacial score (nSPS) is 23.5. The van der Waals surface area contributed by atoms with Crippen LogP contribution in [0.15, 0.2) is 12.7 Å². The van der Waals surface area contributed by atoms with Crippen LogP contribution in [-0.2, 0) is 9.59 Å². The summed E-state index contributed by atoms with van der Waals surface area (Å²) in [5, 5.41) is 2.87. The first-order valence-electron chi connectivity index (χ1n) is 6.43. The van der Waals surface area contributed by atoms with Crippen LogP contribution in [0.25, 0.3) is 0 Å². The topological polar surface area (TPSA) is 49.4 Å². The van der Waals surface area contributed by atoms with E-state index < -0.39 is 0 Å². The Morgan fingerprint density at radius 3 is 2.76 bits per heavy atom. The zero-order valence-electron chi connectivity index (χ0n) is 10.2. The first kappa shape index (κ1) is 12.1. The number of hydrogen-bond donors (Lipinski definition) is 1. The molecule has 1 heterocycles. The van der Waals surface area contributed by atoms with Crippen LogP contribution in [-0.4, -0.2) is 35.8 Å². The fourth-order valence-corrected chi connectivity index (χ4v) is 2.28. The number of nitrogens with zero attached hydrogens (tertiary/aromatic N) is 1. The van der Waals surface area contributed by atoms with Crippen LogP contribution >= 0.6 is 0 Å². The lowest BCUT2D eigenvalue weighted by atomic mass is 10.2. The Balaban J connectivity index is 1.87. The molecule has 0 aromatic rings. The fraction of sp³-hybridized carbons (Fsp3) is 0.692. The van der Waals surface area contributed by atoms with E-state index >= 15 is 0 Å². The SMILES string of the molecule is C=CCCNC(=O)C1CCCN1C(=O)C1CC1. The Labute approximate surface area is 102 Å². The van der Waals surface area contributed by atoms with Crippen molar-refractivity contribution in [2.45, 2.75) is 38.1 Å². The van der Waals surface area contributed by atoms with Gasteiger partial charge in [-0.25, -0.2) is 0 Å². The minimum atomic E-state index is -0.229. The zero-order chi connectivity index (χ0) is 12.3. The van der Waals surface area contributed by atoms with Crippen LogP contribution in [0.3, 0.4) is 0 Å². The molecule has 1 unspecified atom stereocenters. The molecule has 1 aliphatic carbocycles. The predicted molar refractivity (Wildman–Crippen MR) is 65.3 cm³/mol. The molecule has 0 bridgehead atoms. The van der Waals surface area contributed by atoms with Gasteiger partial charge in [0.15, 0.2) is 0 Å². The molecule has 94 valence electrons. The molecule has 0 spiro atoms. The lowest BCUT2D eigenvalue weighted by Crippen LogP contribution is -2.46. The summed E-state index contributed by atoms with van der Waals surface area (Å²) in [4.78, 5) is 25.7. The van der Waals surface area contributed by atoms with Crippen molar-refractivity contribution in [1.82, 2.24) is 10.2 Å². The Bertz CT molecular complexity index is 323. The third-order valence-electron chi connectivity index (χ3n) is 3.41. The second kappa shape index (κ2) is 5.34. The number of nitrogens with one attached hydrogen (secondary N) is 1. The molecule has 1 saturated heterocycles. The molecule has 4 nitrogen and oxygen atoms in total. The summed E-state index contributed by atoms with van der Waals surface area (Å²) >= 11 is 0. The molecule has 17 heavy (non-hydrogen) atoms. The predicted octanol–water partition coefficient (Wildman–Crippen LogP) is 1.08. The van der Waals surface area contributed by atoms with Gasteiger partial charge in [-0.2, -0.15) is 0 Å². The average molecular weight is 236 g/mol. The first-order valence-corrected chi connectivity index (χ1v) is 6.43. The van der Waals surface area contributed by atoms with Gasteiger partial charge in [-0.1, -0.05) is 6.08 Å². The van der Waals surface area contributed by atoms with E-state index in [2.05, 4.69) is 11.9 Å². The Morgan fingerprint density at radius 1 is 1.35 bits per heavy atom. The Morgan fingerprint density at radius 2 is 2.12 bits per heavy atom. The summed E-state index contributed by atoms with van der Waals surface area (Å²) in [6, 6.07) is -0.229. The van der Waals surface area contributed by atoms with Crippen molar-refractivity contribution < 1.29 is 9.59 Å². The van der Waals surface area contributed by atoms with E-state index in [-0.39, 0.29) is 23.8 Å². The molecule has 1 atom stereocenters. The van der Waals surface area contributed by atoms with Crippen LogP contribution in [0.2, 0.25) is 0 Å². The van der Waals surface area contributed by atoms with E-state index in [4.69, 9.17) is 0 Å². The first-order chi connectivity index (χ1) is 8.24. The van der Waals surface area contributed by atoms with Gasteiger partial charge in [0.25, 0.3) is 0 Å². The summed E-state index contributed by atoms with van der Waals surface area (Å²) in [6.45, 7) is 4.97. The smallest absolute Gasteiger partial charge is 0.242 e. The molecule has 4 heteroatoms. The third kappa shape index (κ3) is 2.87. The highest BCUT2D eigenvalue weighted by atomic mass is 16.2. The van der Waals surface area contributed by atoms with Crippen LogP contribution < -0.4 is 5.32 Å². The van der Waals surface area contributed by atoms with Crippen LogP contribution in [0, 0.1) is 5.92 Å². The molecule has 2 rings (SSSR count). The van der Waals surface area contributed by atoms with Gasteiger partial charge < -0.3 is 10.2 Å². The van der Waals surface area contributed by atoms with Crippen LogP contribution in [0.5, 0.6) is 0 Å². The van der Waals surface area contributed by atoms with Gasteiger partial charge in [0.05, 0.1) is 0 Å². The van der Waals surface area contributed by atoms with Gasteiger partial charge in [-0.05, 0) is 32.1 Å². The molecular formula is C13H20N2O2. The van der Waals surface area contributed by atoms with Gasteiger partial charge in [-0.3, -0.25) is 9.59 Å². The lowest BCUT2D eigenvalue weighted by Gasteiger charge is -2.23. The molecule has 2 aliphatic rings. The van der Waals surface area contributed by atoms with Crippen molar-refractivity contribution in [2.24, 2.45) is 5.92 Å². The number of carbonyl (C=O) groups is 2. The van der Waals surface area contributed by atoms with Crippen molar-refractivity contribution in [3.63, 3.8) is 0 Å². The van der Waals surface area contributed by atoms with Crippen molar-refractivity contribution in [3.05, 3.63) is 12.7 Å². The molecule has 1 N–H and O–H groups in total. The summed E-state index contributed by atoms with van der Waals surface area (Å²) < 4.78 is 0. The summed E-state index contributed by atoms with van der Waals surface area (Å²) in [5.41, 5.74) is 0. The molecule has 0 aromatic heterocycles. The molecule has 0 radical (unpaired) electrons. The number of carbonyl (C=O) groups excluding carboxylic acids is 2. The van der Waals surface area contributed by atoms with Crippen LogP contribution in [0.4, 0.5) is 0 Å². The molecule has 2 fully saturated rings. The minimum absolute atomic E-state index is 0.00153. The van der Waals surface area contributed by atoms with Crippen molar-refractivity contribution >= 4 is 11.8 Å². The Hall–Kier alpha value is -1.32. The largest absolute Gasteiger partial charge is 0.354 e. The van der Waals surface area contributed by atoms with Gasteiger partial charge in [0.2, 0.25) is 11.8 Å². The Kier molecular flexibility index (Phi) is 3.82. The highest BCUT2D eigenvalue weighted by Gasteiger charge is 2.40. The van der Waals surface area contributed by atoms with Crippen molar-refractivity contribution in [1.29, 1.82) is 0 Å².